The van der Waals surface area contributed by atoms with Crippen molar-refractivity contribution in [2.45, 2.75) is 18.4 Å². The predicted molar refractivity (Wildman–Crippen MR) is 144 cm³/mol. The van der Waals surface area contributed by atoms with Crippen molar-refractivity contribution in [3.8, 4) is 0 Å². The Morgan fingerprint density at radius 2 is 1.47 bits per heavy atom. The van der Waals surface area contributed by atoms with Gasteiger partial charge in [-0.05, 0) is 30.2 Å². The topological polar surface area (TPSA) is 60.9 Å². The summed E-state index contributed by atoms with van der Waals surface area (Å²) in [5.74, 6) is -0.166. The first-order valence-corrected chi connectivity index (χ1v) is 13.7. The van der Waals surface area contributed by atoms with Gasteiger partial charge in [-0.15, -0.1) is 0 Å². The number of carbonyl (C=O) groups is 1. The maximum Gasteiger partial charge on any atom is 0.243 e. The number of piperazine rings is 1. The molecule has 188 valence electrons. The predicted octanol–water partition coefficient (Wildman–Crippen LogP) is 4.04. The van der Waals surface area contributed by atoms with Gasteiger partial charge < -0.3 is 4.90 Å². The third kappa shape index (κ3) is 6.91. The summed E-state index contributed by atoms with van der Waals surface area (Å²) in [6, 6.07) is 26.3. The summed E-state index contributed by atoms with van der Waals surface area (Å²) in [5, 5.41) is 0. The van der Waals surface area contributed by atoms with Crippen LogP contribution >= 0.6 is 0 Å². The van der Waals surface area contributed by atoms with Gasteiger partial charge in [0.1, 0.15) is 0 Å². The second-order valence-corrected chi connectivity index (χ2v) is 11.0. The third-order valence-corrected chi connectivity index (χ3v) is 8.18. The van der Waals surface area contributed by atoms with Crippen LogP contribution in [0.4, 0.5) is 0 Å². The molecule has 0 atom stereocenters. The van der Waals surface area contributed by atoms with E-state index in [2.05, 4.69) is 29.2 Å². The summed E-state index contributed by atoms with van der Waals surface area (Å²) in [6.07, 6.45) is 4.25. The van der Waals surface area contributed by atoms with Crippen molar-refractivity contribution in [1.82, 2.24) is 14.1 Å². The highest BCUT2D eigenvalue weighted by Gasteiger charge is 2.29. The average molecular weight is 504 g/mol. The first-order valence-electron chi connectivity index (χ1n) is 12.2. The molecule has 0 bridgehead atoms. The number of hydrogen-bond acceptors (Lipinski definition) is 4. The molecule has 0 saturated carbocycles. The fourth-order valence-electron chi connectivity index (χ4n) is 4.20. The lowest BCUT2D eigenvalue weighted by molar-refractivity contribution is -0.133. The van der Waals surface area contributed by atoms with Crippen LogP contribution in [0.25, 0.3) is 6.08 Å². The van der Waals surface area contributed by atoms with E-state index in [1.807, 2.05) is 55.5 Å². The second-order valence-electron chi connectivity index (χ2n) is 9.07. The SMILES string of the molecule is Cc1ccc(S(=O)(=O)N(CC(=O)N2CCN(C/C=C/c3ccccc3)CC2)Cc2ccccc2)cc1. The Bertz CT molecular complexity index is 1250. The smallest absolute Gasteiger partial charge is 0.243 e. The monoisotopic (exact) mass is 503 g/mol. The highest BCUT2D eigenvalue weighted by atomic mass is 32.2. The zero-order valence-corrected chi connectivity index (χ0v) is 21.5. The minimum Gasteiger partial charge on any atom is -0.339 e. The van der Waals surface area contributed by atoms with E-state index in [4.69, 9.17) is 0 Å². The van der Waals surface area contributed by atoms with Crippen molar-refractivity contribution in [3.63, 3.8) is 0 Å². The fraction of sp³-hybridized carbons (Fsp3) is 0.276. The third-order valence-electron chi connectivity index (χ3n) is 6.37. The Labute approximate surface area is 214 Å². The van der Waals surface area contributed by atoms with Crippen LogP contribution in [0.15, 0.2) is 95.9 Å². The molecule has 7 heteroatoms. The number of sulfonamides is 1. The molecule has 0 aromatic heterocycles. The first-order chi connectivity index (χ1) is 17.4. The highest BCUT2D eigenvalue weighted by molar-refractivity contribution is 7.89. The zero-order valence-electron chi connectivity index (χ0n) is 20.7. The van der Waals surface area contributed by atoms with Gasteiger partial charge in [-0.3, -0.25) is 9.69 Å². The van der Waals surface area contributed by atoms with E-state index >= 15 is 0 Å². The van der Waals surface area contributed by atoms with Crippen LogP contribution in [0, 0.1) is 6.92 Å². The summed E-state index contributed by atoms with van der Waals surface area (Å²) in [6.45, 7) is 5.38. The van der Waals surface area contributed by atoms with Gasteiger partial charge in [0.15, 0.2) is 0 Å². The summed E-state index contributed by atoms with van der Waals surface area (Å²) >= 11 is 0. The number of carbonyl (C=O) groups excluding carboxylic acids is 1. The molecular weight excluding hydrogens is 470 g/mol. The van der Waals surface area contributed by atoms with Gasteiger partial charge in [0.25, 0.3) is 0 Å². The van der Waals surface area contributed by atoms with Crippen LogP contribution in [0.2, 0.25) is 0 Å². The van der Waals surface area contributed by atoms with Crippen LogP contribution in [0.3, 0.4) is 0 Å². The molecule has 1 heterocycles. The van der Waals surface area contributed by atoms with Gasteiger partial charge >= 0.3 is 0 Å². The van der Waals surface area contributed by atoms with Gasteiger partial charge in [-0.1, -0.05) is 90.5 Å². The Kier molecular flexibility index (Phi) is 8.70. The second kappa shape index (κ2) is 12.1. The van der Waals surface area contributed by atoms with Crippen LogP contribution in [-0.2, 0) is 21.4 Å². The van der Waals surface area contributed by atoms with Crippen LogP contribution in [-0.4, -0.2) is 67.7 Å². The Hall–Kier alpha value is -3.26. The zero-order chi connectivity index (χ0) is 25.4. The molecule has 0 N–H and O–H groups in total. The van der Waals surface area contributed by atoms with Crippen molar-refractivity contribution in [2.24, 2.45) is 0 Å². The highest BCUT2D eigenvalue weighted by Crippen LogP contribution is 2.20. The number of nitrogens with zero attached hydrogens (tertiary/aromatic N) is 3. The number of amides is 1. The van der Waals surface area contributed by atoms with E-state index in [9.17, 15) is 13.2 Å². The lowest BCUT2D eigenvalue weighted by Gasteiger charge is -2.35. The molecule has 1 aliphatic heterocycles. The molecular formula is C29H33N3O3S. The summed E-state index contributed by atoms with van der Waals surface area (Å²) in [7, 11) is -3.83. The number of aryl methyl sites for hydroxylation is 1. The molecule has 1 saturated heterocycles. The van der Waals surface area contributed by atoms with Crippen LogP contribution in [0.1, 0.15) is 16.7 Å². The van der Waals surface area contributed by atoms with E-state index in [1.165, 1.54) is 9.87 Å². The number of benzene rings is 3. The minimum absolute atomic E-state index is 0.146. The van der Waals surface area contributed by atoms with Crippen molar-refractivity contribution in [2.75, 3.05) is 39.3 Å². The summed E-state index contributed by atoms with van der Waals surface area (Å²) in [4.78, 5) is 17.5. The van der Waals surface area contributed by atoms with E-state index in [0.29, 0.717) is 13.1 Å². The number of hydrogen-bond donors (Lipinski definition) is 0. The molecule has 36 heavy (non-hydrogen) atoms. The van der Waals surface area contributed by atoms with E-state index in [0.717, 1.165) is 30.8 Å². The van der Waals surface area contributed by atoms with Gasteiger partial charge in [0.05, 0.1) is 11.4 Å². The molecule has 0 aliphatic carbocycles. The largest absolute Gasteiger partial charge is 0.339 e. The quantitative estimate of drug-likeness (QED) is 0.442. The van der Waals surface area contributed by atoms with Crippen molar-refractivity contribution in [1.29, 1.82) is 0 Å². The lowest BCUT2D eigenvalue weighted by atomic mass is 10.2. The molecule has 4 rings (SSSR count). The minimum atomic E-state index is -3.83. The Morgan fingerprint density at radius 1 is 0.861 bits per heavy atom. The van der Waals surface area contributed by atoms with Crippen molar-refractivity contribution >= 4 is 22.0 Å². The molecule has 3 aromatic rings. The molecule has 0 spiro atoms. The average Bonchev–Trinajstić information content (AvgIpc) is 2.90. The number of rotatable bonds is 9. The van der Waals surface area contributed by atoms with Crippen LogP contribution in [0.5, 0.6) is 0 Å². The molecule has 1 aliphatic rings. The first kappa shape index (κ1) is 25.8. The van der Waals surface area contributed by atoms with E-state index in [-0.39, 0.29) is 23.9 Å². The molecule has 0 radical (unpaired) electrons. The van der Waals surface area contributed by atoms with E-state index < -0.39 is 10.0 Å². The molecule has 3 aromatic carbocycles. The lowest BCUT2D eigenvalue weighted by Crippen LogP contribution is -2.51. The van der Waals surface area contributed by atoms with Gasteiger partial charge in [-0.25, -0.2) is 8.42 Å². The Morgan fingerprint density at radius 3 is 2.11 bits per heavy atom. The molecule has 1 amide bonds. The normalized spacial score (nSPS) is 15.0. The standard InChI is InChI=1S/C29H33N3O3S/c1-25-14-16-28(17-15-25)36(34,35)32(23-27-11-6-3-7-12-27)24-29(33)31-21-19-30(20-22-31)18-8-13-26-9-4-2-5-10-26/h2-17H,18-24H2,1H3/b13-8+. The molecule has 6 nitrogen and oxygen atoms in total. The van der Waals surface area contributed by atoms with E-state index in [1.54, 1.807) is 29.2 Å². The maximum atomic E-state index is 13.5. The van der Waals surface area contributed by atoms with Gasteiger partial charge in [-0.2, -0.15) is 4.31 Å². The van der Waals surface area contributed by atoms with Crippen molar-refractivity contribution < 1.29 is 13.2 Å². The van der Waals surface area contributed by atoms with Crippen LogP contribution < -0.4 is 0 Å². The maximum absolute atomic E-state index is 13.5. The van der Waals surface area contributed by atoms with Gasteiger partial charge in [0, 0.05) is 39.3 Å². The van der Waals surface area contributed by atoms with Crippen molar-refractivity contribution in [3.05, 3.63) is 108 Å². The molecule has 1 fully saturated rings. The van der Waals surface area contributed by atoms with Gasteiger partial charge in [0.2, 0.25) is 15.9 Å². The fourth-order valence-corrected chi connectivity index (χ4v) is 5.58. The Balaban J connectivity index is 1.39. The molecule has 0 unspecified atom stereocenters. The summed E-state index contributed by atoms with van der Waals surface area (Å²) < 4.78 is 28.3. The summed E-state index contributed by atoms with van der Waals surface area (Å²) in [5.41, 5.74) is 2.99.